The van der Waals surface area contributed by atoms with Gasteiger partial charge in [0.2, 0.25) is 0 Å². The lowest BCUT2D eigenvalue weighted by Crippen LogP contribution is -2.31. The van der Waals surface area contributed by atoms with E-state index >= 15 is 0 Å². The van der Waals surface area contributed by atoms with E-state index in [1.165, 1.54) is 0 Å². The number of aliphatic hydroxyl groups excluding tert-OH is 2. The SMILES string of the molecule is C[C@H](O)c1ccc(-c2ccc(CNCCNC[C@@H](C)O)o2)cc1. The fraction of sp³-hybridized carbons (Fsp3) is 0.444. The molecule has 1 aromatic carbocycles. The van der Waals surface area contributed by atoms with Gasteiger partial charge in [0.05, 0.1) is 18.8 Å². The third-order valence-corrected chi connectivity index (χ3v) is 3.56. The van der Waals surface area contributed by atoms with Crippen molar-refractivity contribution in [3.8, 4) is 11.3 Å². The van der Waals surface area contributed by atoms with Crippen LogP contribution in [-0.2, 0) is 6.54 Å². The molecule has 0 radical (unpaired) electrons. The Labute approximate surface area is 137 Å². The fourth-order valence-electron chi connectivity index (χ4n) is 2.25. The normalized spacial score (nSPS) is 13.9. The first-order valence-corrected chi connectivity index (χ1v) is 8.03. The second-order valence-electron chi connectivity index (χ2n) is 5.79. The number of aliphatic hydroxyl groups is 2. The van der Waals surface area contributed by atoms with Crippen LogP contribution in [0, 0.1) is 0 Å². The van der Waals surface area contributed by atoms with Gasteiger partial charge >= 0.3 is 0 Å². The minimum Gasteiger partial charge on any atom is -0.460 e. The summed E-state index contributed by atoms with van der Waals surface area (Å²) in [7, 11) is 0. The van der Waals surface area contributed by atoms with Crippen LogP contribution in [0.3, 0.4) is 0 Å². The topological polar surface area (TPSA) is 77.7 Å². The molecule has 1 aromatic heterocycles. The van der Waals surface area contributed by atoms with Crippen molar-refractivity contribution in [3.05, 3.63) is 47.7 Å². The van der Waals surface area contributed by atoms with Gasteiger partial charge in [-0.25, -0.2) is 0 Å². The van der Waals surface area contributed by atoms with Gasteiger partial charge in [0, 0.05) is 25.2 Å². The zero-order chi connectivity index (χ0) is 16.7. The molecule has 0 aliphatic rings. The van der Waals surface area contributed by atoms with Gasteiger partial charge in [-0.3, -0.25) is 0 Å². The molecule has 2 aromatic rings. The number of hydrogen-bond donors (Lipinski definition) is 4. The third-order valence-electron chi connectivity index (χ3n) is 3.56. The molecule has 4 N–H and O–H groups in total. The van der Waals surface area contributed by atoms with Crippen LogP contribution in [0.2, 0.25) is 0 Å². The van der Waals surface area contributed by atoms with E-state index in [1.807, 2.05) is 36.4 Å². The van der Waals surface area contributed by atoms with Crippen molar-refractivity contribution in [1.29, 1.82) is 0 Å². The van der Waals surface area contributed by atoms with Crippen LogP contribution < -0.4 is 10.6 Å². The molecule has 5 nitrogen and oxygen atoms in total. The maximum atomic E-state index is 9.53. The molecular formula is C18H26N2O3. The molecule has 0 spiro atoms. The molecule has 0 fully saturated rings. The lowest BCUT2D eigenvalue weighted by molar-refractivity contribution is 0.191. The molecule has 2 atom stereocenters. The van der Waals surface area contributed by atoms with E-state index in [4.69, 9.17) is 9.52 Å². The van der Waals surface area contributed by atoms with Gasteiger partial charge in [0.25, 0.3) is 0 Å². The van der Waals surface area contributed by atoms with Crippen LogP contribution >= 0.6 is 0 Å². The Morgan fingerprint density at radius 1 is 0.957 bits per heavy atom. The van der Waals surface area contributed by atoms with Crippen molar-refractivity contribution in [2.75, 3.05) is 19.6 Å². The van der Waals surface area contributed by atoms with Crippen LogP contribution in [0.1, 0.15) is 31.3 Å². The van der Waals surface area contributed by atoms with Crippen molar-refractivity contribution in [2.45, 2.75) is 32.6 Å². The number of nitrogens with one attached hydrogen (secondary N) is 2. The van der Waals surface area contributed by atoms with Gasteiger partial charge in [0.1, 0.15) is 11.5 Å². The molecular weight excluding hydrogens is 292 g/mol. The molecule has 0 saturated carbocycles. The van der Waals surface area contributed by atoms with Gasteiger partial charge in [0.15, 0.2) is 0 Å². The standard InChI is InChI=1S/C18H26N2O3/c1-13(21)11-19-9-10-20-12-17-7-8-18(23-17)16-5-3-15(4-6-16)14(2)22/h3-8,13-14,19-22H,9-12H2,1-2H3/t13-,14+/m1/s1. The molecule has 0 bridgehead atoms. The molecule has 5 heteroatoms. The first-order chi connectivity index (χ1) is 11.1. The molecule has 0 unspecified atom stereocenters. The van der Waals surface area contributed by atoms with Gasteiger partial charge in [-0.15, -0.1) is 0 Å². The van der Waals surface area contributed by atoms with Crippen molar-refractivity contribution >= 4 is 0 Å². The summed E-state index contributed by atoms with van der Waals surface area (Å²) in [6, 6.07) is 11.7. The Balaban J connectivity index is 1.79. The molecule has 23 heavy (non-hydrogen) atoms. The van der Waals surface area contributed by atoms with Gasteiger partial charge in [-0.2, -0.15) is 0 Å². The quantitative estimate of drug-likeness (QED) is 0.532. The molecule has 126 valence electrons. The largest absolute Gasteiger partial charge is 0.460 e. The second-order valence-corrected chi connectivity index (χ2v) is 5.79. The predicted molar refractivity (Wildman–Crippen MR) is 91.0 cm³/mol. The molecule has 0 amide bonds. The van der Waals surface area contributed by atoms with Crippen LogP contribution in [0.15, 0.2) is 40.8 Å². The average molecular weight is 318 g/mol. The Kier molecular flexibility index (Phi) is 6.80. The first-order valence-electron chi connectivity index (χ1n) is 8.03. The average Bonchev–Trinajstić information content (AvgIpc) is 2.99. The van der Waals surface area contributed by atoms with E-state index in [-0.39, 0.29) is 6.10 Å². The summed E-state index contributed by atoms with van der Waals surface area (Å²) in [5.41, 5.74) is 1.89. The van der Waals surface area contributed by atoms with Crippen molar-refractivity contribution in [3.63, 3.8) is 0 Å². The molecule has 0 aliphatic carbocycles. The van der Waals surface area contributed by atoms with Gasteiger partial charge < -0.3 is 25.3 Å². The highest BCUT2D eigenvalue weighted by Crippen LogP contribution is 2.24. The number of hydrogen-bond acceptors (Lipinski definition) is 5. The minimum atomic E-state index is -0.456. The Bertz CT molecular complexity index is 576. The lowest BCUT2D eigenvalue weighted by atomic mass is 10.1. The van der Waals surface area contributed by atoms with E-state index < -0.39 is 6.10 Å². The van der Waals surface area contributed by atoms with Crippen molar-refractivity contribution in [1.82, 2.24) is 10.6 Å². The summed E-state index contributed by atoms with van der Waals surface area (Å²) in [6.45, 7) is 6.41. The first kappa shape index (κ1) is 17.7. The maximum absolute atomic E-state index is 9.53. The summed E-state index contributed by atoms with van der Waals surface area (Å²) < 4.78 is 5.83. The zero-order valence-corrected chi connectivity index (χ0v) is 13.7. The highest BCUT2D eigenvalue weighted by molar-refractivity contribution is 5.58. The van der Waals surface area contributed by atoms with Gasteiger partial charge in [-0.1, -0.05) is 24.3 Å². The summed E-state index contributed by atoms with van der Waals surface area (Å²) in [6.07, 6.45) is -0.773. The highest BCUT2D eigenvalue weighted by atomic mass is 16.3. The van der Waals surface area contributed by atoms with Crippen molar-refractivity contribution in [2.24, 2.45) is 0 Å². The number of rotatable bonds is 9. The summed E-state index contributed by atoms with van der Waals surface area (Å²) in [5, 5.41) is 25.1. The van der Waals surface area contributed by atoms with E-state index in [0.29, 0.717) is 13.1 Å². The molecule has 1 heterocycles. The van der Waals surface area contributed by atoms with E-state index in [2.05, 4.69) is 10.6 Å². The third kappa shape index (κ3) is 5.80. The monoisotopic (exact) mass is 318 g/mol. The molecule has 0 saturated heterocycles. The van der Waals surface area contributed by atoms with Crippen LogP contribution in [0.4, 0.5) is 0 Å². The Morgan fingerprint density at radius 2 is 1.65 bits per heavy atom. The Morgan fingerprint density at radius 3 is 2.30 bits per heavy atom. The van der Waals surface area contributed by atoms with Crippen LogP contribution in [-0.4, -0.2) is 36.0 Å². The minimum absolute atomic E-state index is 0.317. The molecule has 2 rings (SSSR count). The number of benzene rings is 1. The van der Waals surface area contributed by atoms with Crippen LogP contribution in [0.25, 0.3) is 11.3 Å². The summed E-state index contributed by atoms with van der Waals surface area (Å²) >= 11 is 0. The lowest BCUT2D eigenvalue weighted by Gasteiger charge is -2.07. The van der Waals surface area contributed by atoms with E-state index in [1.54, 1.807) is 13.8 Å². The zero-order valence-electron chi connectivity index (χ0n) is 13.7. The molecule has 0 aliphatic heterocycles. The van der Waals surface area contributed by atoms with Crippen molar-refractivity contribution < 1.29 is 14.6 Å². The summed E-state index contributed by atoms with van der Waals surface area (Å²) in [4.78, 5) is 0. The second kappa shape index (κ2) is 8.84. The smallest absolute Gasteiger partial charge is 0.134 e. The van der Waals surface area contributed by atoms with E-state index in [0.717, 1.165) is 35.7 Å². The summed E-state index contributed by atoms with van der Waals surface area (Å²) in [5.74, 6) is 1.71. The fourth-order valence-corrected chi connectivity index (χ4v) is 2.25. The maximum Gasteiger partial charge on any atom is 0.134 e. The van der Waals surface area contributed by atoms with Crippen LogP contribution in [0.5, 0.6) is 0 Å². The van der Waals surface area contributed by atoms with Gasteiger partial charge in [-0.05, 0) is 31.5 Å². The Hall–Kier alpha value is -1.66. The number of furan rings is 1. The predicted octanol–water partition coefficient (Wildman–Crippen LogP) is 2.06. The highest BCUT2D eigenvalue weighted by Gasteiger charge is 2.06. The van der Waals surface area contributed by atoms with E-state index in [9.17, 15) is 5.11 Å².